The Kier molecular flexibility index (Phi) is 4.70. The molecule has 0 aliphatic carbocycles. The first-order valence-corrected chi connectivity index (χ1v) is 7.79. The highest BCUT2D eigenvalue weighted by Gasteiger charge is 2.30. The second kappa shape index (κ2) is 6.93. The van der Waals surface area contributed by atoms with E-state index >= 15 is 0 Å². The molecule has 0 spiro atoms. The Morgan fingerprint density at radius 3 is 2.16 bits per heavy atom. The van der Waals surface area contributed by atoms with Gasteiger partial charge in [0.25, 0.3) is 0 Å². The third-order valence-corrected chi connectivity index (χ3v) is 4.28. The number of fused-ring (bicyclic) bond motifs is 1. The third-order valence-electron chi connectivity index (χ3n) is 4.28. The number of hydrogen-bond acceptors (Lipinski definition) is 6. The average Bonchev–Trinajstić information content (AvgIpc) is 2.65. The fourth-order valence-corrected chi connectivity index (χ4v) is 3.06. The van der Waals surface area contributed by atoms with E-state index < -0.39 is 0 Å². The lowest BCUT2D eigenvalue weighted by atomic mass is 9.86. The van der Waals surface area contributed by atoms with Crippen LogP contribution in [0.1, 0.15) is 23.5 Å². The molecule has 6 nitrogen and oxygen atoms in total. The van der Waals surface area contributed by atoms with Crippen molar-refractivity contribution in [2.75, 3.05) is 28.4 Å². The van der Waals surface area contributed by atoms with Crippen molar-refractivity contribution in [3.8, 4) is 28.7 Å². The molecule has 3 rings (SSSR count). The summed E-state index contributed by atoms with van der Waals surface area (Å²) in [4.78, 5) is 12.1. The third kappa shape index (κ3) is 3.07. The summed E-state index contributed by atoms with van der Waals surface area (Å²) in [6.45, 7) is 0. The van der Waals surface area contributed by atoms with Crippen molar-refractivity contribution in [1.82, 2.24) is 0 Å². The van der Waals surface area contributed by atoms with Gasteiger partial charge in [0.1, 0.15) is 11.5 Å². The molecular formula is C19H20O6. The Morgan fingerprint density at radius 2 is 1.60 bits per heavy atom. The first kappa shape index (κ1) is 17.0. The van der Waals surface area contributed by atoms with Crippen molar-refractivity contribution in [3.05, 3.63) is 41.5 Å². The maximum atomic E-state index is 12.1. The molecule has 25 heavy (non-hydrogen) atoms. The van der Waals surface area contributed by atoms with Gasteiger partial charge >= 0.3 is 5.97 Å². The molecule has 0 amide bonds. The van der Waals surface area contributed by atoms with Crippen LogP contribution in [0.3, 0.4) is 0 Å². The summed E-state index contributed by atoms with van der Waals surface area (Å²) in [7, 11) is 6.28. The summed E-state index contributed by atoms with van der Waals surface area (Å²) in [6, 6.07) is 9.11. The molecule has 1 aliphatic rings. The Hall–Kier alpha value is -2.89. The van der Waals surface area contributed by atoms with E-state index in [0.29, 0.717) is 28.7 Å². The number of carbonyl (C=O) groups is 1. The van der Waals surface area contributed by atoms with Crippen molar-refractivity contribution < 1.29 is 28.5 Å². The number of esters is 1. The summed E-state index contributed by atoms with van der Waals surface area (Å²) in [5.74, 6) is 2.36. The molecule has 0 saturated heterocycles. The molecule has 132 valence electrons. The predicted octanol–water partition coefficient (Wildman–Crippen LogP) is 3.16. The van der Waals surface area contributed by atoms with Gasteiger partial charge in [0.15, 0.2) is 11.5 Å². The molecule has 6 heteroatoms. The van der Waals surface area contributed by atoms with E-state index in [1.165, 1.54) is 0 Å². The Balaban J connectivity index is 2.15. The van der Waals surface area contributed by atoms with Crippen LogP contribution in [-0.4, -0.2) is 34.4 Å². The molecule has 0 N–H and O–H groups in total. The number of rotatable bonds is 5. The van der Waals surface area contributed by atoms with Gasteiger partial charge in [0.05, 0.1) is 34.9 Å². The summed E-state index contributed by atoms with van der Waals surface area (Å²) in [5, 5.41) is 0. The zero-order chi connectivity index (χ0) is 18.0. The smallest absolute Gasteiger partial charge is 0.312 e. The van der Waals surface area contributed by atoms with Gasteiger partial charge in [-0.3, -0.25) is 4.79 Å². The van der Waals surface area contributed by atoms with Crippen molar-refractivity contribution in [3.63, 3.8) is 0 Å². The zero-order valence-corrected chi connectivity index (χ0v) is 14.6. The minimum atomic E-state index is -0.281. The van der Waals surface area contributed by atoms with E-state index in [4.69, 9.17) is 23.7 Å². The minimum absolute atomic E-state index is 0.194. The molecule has 1 heterocycles. The Morgan fingerprint density at radius 1 is 0.920 bits per heavy atom. The normalized spacial score (nSPS) is 15.8. The Labute approximate surface area is 146 Å². The predicted molar refractivity (Wildman–Crippen MR) is 91.2 cm³/mol. The van der Waals surface area contributed by atoms with E-state index in [1.54, 1.807) is 40.6 Å². The largest absolute Gasteiger partial charge is 0.497 e. The standard InChI is InChI=1S/C19H20O6/c1-21-12-5-6-15-14(9-12)13(10-18(20)25-15)11-7-16(22-2)19(24-4)17(8-11)23-3/h5-9,13H,10H2,1-4H3/t13-/m0/s1. The minimum Gasteiger partial charge on any atom is -0.497 e. The molecule has 0 aromatic heterocycles. The van der Waals surface area contributed by atoms with Crippen LogP contribution in [0.25, 0.3) is 0 Å². The molecular weight excluding hydrogens is 324 g/mol. The first-order valence-electron chi connectivity index (χ1n) is 7.79. The van der Waals surface area contributed by atoms with Crippen molar-refractivity contribution in [1.29, 1.82) is 0 Å². The summed E-state index contributed by atoms with van der Waals surface area (Å²) in [5.41, 5.74) is 1.76. The zero-order valence-electron chi connectivity index (χ0n) is 14.6. The summed E-state index contributed by atoms with van der Waals surface area (Å²) in [6.07, 6.45) is 0.221. The SMILES string of the molecule is COc1ccc2c(c1)[C@H](c1cc(OC)c(OC)c(OC)c1)CC(=O)O2. The summed E-state index contributed by atoms with van der Waals surface area (Å²) >= 11 is 0. The summed E-state index contributed by atoms with van der Waals surface area (Å²) < 4.78 is 26.9. The first-order chi connectivity index (χ1) is 12.1. The van der Waals surface area contributed by atoms with Crippen molar-refractivity contribution in [2.24, 2.45) is 0 Å². The lowest BCUT2D eigenvalue weighted by molar-refractivity contribution is -0.135. The molecule has 0 saturated carbocycles. The molecule has 0 radical (unpaired) electrons. The number of carbonyl (C=O) groups excluding carboxylic acids is 1. The van der Waals surface area contributed by atoms with Crippen LogP contribution in [0.2, 0.25) is 0 Å². The van der Waals surface area contributed by atoms with Gasteiger partial charge in [-0.1, -0.05) is 0 Å². The van der Waals surface area contributed by atoms with E-state index in [9.17, 15) is 4.79 Å². The second-order valence-electron chi connectivity index (χ2n) is 5.59. The van der Waals surface area contributed by atoms with Crippen molar-refractivity contribution >= 4 is 5.97 Å². The van der Waals surface area contributed by atoms with Crippen LogP contribution in [0.15, 0.2) is 30.3 Å². The number of methoxy groups -OCH3 is 4. The molecule has 2 aromatic rings. The highest BCUT2D eigenvalue weighted by atomic mass is 16.5. The highest BCUT2D eigenvalue weighted by Crippen LogP contribution is 2.45. The van der Waals surface area contributed by atoms with Crippen LogP contribution in [0.5, 0.6) is 28.7 Å². The highest BCUT2D eigenvalue weighted by molar-refractivity contribution is 5.78. The van der Waals surface area contributed by atoms with E-state index in [-0.39, 0.29) is 18.3 Å². The van der Waals surface area contributed by atoms with E-state index in [2.05, 4.69) is 0 Å². The van der Waals surface area contributed by atoms with Crippen molar-refractivity contribution in [2.45, 2.75) is 12.3 Å². The molecule has 1 atom stereocenters. The van der Waals surface area contributed by atoms with Crippen LogP contribution in [0.4, 0.5) is 0 Å². The van der Waals surface area contributed by atoms with Crippen LogP contribution in [-0.2, 0) is 4.79 Å². The second-order valence-corrected chi connectivity index (χ2v) is 5.59. The number of benzene rings is 2. The monoisotopic (exact) mass is 344 g/mol. The molecule has 0 bridgehead atoms. The van der Waals surface area contributed by atoms with Crippen LogP contribution >= 0.6 is 0 Å². The Bertz CT molecular complexity index is 773. The number of ether oxygens (including phenoxy) is 5. The van der Waals surface area contributed by atoms with Crippen LogP contribution in [0, 0.1) is 0 Å². The quantitative estimate of drug-likeness (QED) is 0.613. The van der Waals surface area contributed by atoms with Gasteiger partial charge < -0.3 is 23.7 Å². The van der Waals surface area contributed by atoms with Gasteiger partial charge in [-0.05, 0) is 35.9 Å². The topological polar surface area (TPSA) is 63.2 Å². The van der Waals surface area contributed by atoms with Crippen LogP contribution < -0.4 is 23.7 Å². The average molecular weight is 344 g/mol. The van der Waals surface area contributed by atoms with E-state index in [1.807, 2.05) is 18.2 Å². The van der Waals surface area contributed by atoms with Gasteiger partial charge in [0.2, 0.25) is 5.75 Å². The maximum absolute atomic E-state index is 12.1. The molecule has 1 aliphatic heterocycles. The molecule has 0 unspecified atom stereocenters. The van der Waals surface area contributed by atoms with Gasteiger partial charge in [0, 0.05) is 11.5 Å². The van der Waals surface area contributed by atoms with E-state index in [0.717, 1.165) is 11.1 Å². The molecule has 0 fully saturated rings. The lowest BCUT2D eigenvalue weighted by Gasteiger charge is -2.26. The molecule has 2 aromatic carbocycles. The fraction of sp³-hybridized carbons (Fsp3) is 0.316. The maximum Gasteiger partial charge on any atom is 0.312 e. The lowest BCUT2D eigenvalue weighted by Crippen LogP contribution is -2.21. The van der Waals surface area contributed by atoms with Gasteiger partial charge in [-0.15, -0.1) is 0 Å². The fourth-order valence-electron chi connectivity index (χ4n) is 3.06. The number of hydrogen-bond donors (Lipinski definition) is 0. The van der Waals surface area contributed by atoms with Gasteiger partial charge in [-0.25, -0.2) is 0 Å². The van der Waals surface area contributed by atoms with Gasteiger partial charge in [-0.2, -0.15) is 0 Å².